The Balaban J connectivity index is 2.45. The molecule has 1 heterocycles. The van der Waals surface area contributed by atoms with E-state index in [1.807, 2.05) is 0 Å². The Labute approximate surface area is 55.9 Å². The fourth-order valence-electron chi connectivity index (χ4n) is 0.684. The van der Waals surface area contributed by atoms with Crippen molar-refractivity contribution in [2.45, 2.75) is 25.5 Å². The summed E-state index contributed by atoms with van der Waals surface area (Å²) in [5.74, 6) is 0. The molecule has 0 bridgehead atoms. The molecule has 0 amide bonds. The first-order valence-electron chi connectivity index (χ1n) is 2.84. The summed E-state index contributed by atoms with van der Waals surface area (Å²) in [7, 11) is 0. The molecule has 0 saturated carbocycles. The van der Waals surface area contributed by atoms with E-state index < -0.39 is 18.6 Å². The summed E-state index contributed by atoms with van der Waals surface area (Å²) >= 11 is 0. The Morgan fingerprint density at radius 2 is 2.00 bits per heavy atom. The molecule has 2 nitrogen and oxygen atoms in total. The lowest BCUT2D eigenvalue weighted by Gasteiger charge is -2.12. The molecule has 1 fully saturated rings. The lowest BCUT2D eigenvalue weighted by molar-refractivity contribution is -0.276. The molecule has 2 atom stereocenters. The van der Waals surface area contributed by atoms with Crippen LogP contribution in [0, 0.1) is 0 Å². The summed E-state index contributed by atoms with van der Waals surface area (Å²) < 4.78 is 43.7. The van der Waals surface area contributed by atoms with E-state index in [-0.39, 0.29) is 6.61 Å². The topological polar surface area (TPSA) is 18.5 Å². The second-order valence-electron chi connectivity index (χ2n) is 2.15. The van der Waals surface area contributed by atoms with Crippen molar-refractivity contribution < 1.29 is 22.6 Å². The highest BCUT2D eigenvalue weighted by molar-refractivity contribution is 4.65. The van der Waals surface area contributed by atoms with Crippen molar-refractivity contribution in [2.24, 2.45) is 0 Å². The molecular weight excluding hydrogens is 149 g/mol. The van der Waals surface area contributed by atoms with Gasteiger partial charge in [-0.3, -0.25) is 0 Å². The minimum atomic E-state index is -4.38. The third-order valence-corrected chi connectivity index (χ3v) is 1.11. The van der Waals surface area contributed by atoms with Crippen LogP contribution < -0.4 is 0 Å². The predicted molar refractivity (Wildman–Crippen MR) is 26.3 cm³/mol. The lowest BCUT2D eigenvalue weighted by atomic mass is 10.5. The largest absolute Gasteiger partial charge is 0.440 e. The van der Waals surface area contributed by atoms with Gasteiger partial charge in [0.15, 0.2) is 0 Å². The summed E-state index contributed by atoms with van der Waals surface area (Å²) in [4.78, 5) is 0. The molecule has 10 heavy (non-hydrogen) atoms. The van der Waals surface area contributed by atoms with Gasteiger partial charge in [-0.15, -0.1) is 0 Å². The number of rotatable bonds is 0. The molecule has 1 rings (SSSR count). The van der Waals surface area contributed by atoms with Crippen LogP contribution in [0.3, 0.4) is 0 Å². The summed E-state index contributed by atoms with van der Waals surface area (Å²) in [5.41, 5.74) is 0. The quantitative estimate of drug-likeness (QED) is 0.526. The third-order valence-electron chi connectivity index (χ3n) is 1.11. The van der Waals surface area contributed by atoms with E-state index in [2.05, 4.69) is 9.47 Å². The summed E-state index contributed by atoms with van der Waals surface area (Å²) in [6.07, 6.45) is -6.85. The van der Waals surface area contributed by atoms with E-state index >= 15 is 0 Å². The number of halogens is 3. The zero-order valence-corrected chi connectivity index (χ0v) is 5.31. The zero-order chi connectivity index (χ0) is 7.78. The van der Waals surface area contributed by atoms with Crippen LogP contribution in [0.5, 0.6) is 0 Å². The highest BCUT2D eigenvalue weighted by Crippen LogP contribution is 2.28. The monoisotopic (exact) mass is 156 g/mol. The van der Waals surface area contributed by atoms with Gasteiger partial charge in [-0.05, 0) is 6.92 Å². The molecular formula is C5H7F3O2. The van der Waals surface area contributed by atoms with E-state index in [0.29, 0.717) is 0 Å². The predicted octanol–water partition coefficient (Wildman–Crippen LogP) is 1.31. The van der Waals surface area contributed by atoms with E-state index in [9.17, 15) is 13.2 Å². The van der Waals surface area contributed by atoms with Gasteiger partial charge in [0, 0.05) is 0 Å². The molecule has 1 aliphatic rings. The summed E-state index contributed by atoms with van der Waals surface area (Å²) in [6, 6.07) is 0. The minimum absolute atomic E-state index is 0.0180. The van der Waals surface area contributed by atoms with Gasteiger partial charge in [0.25, 0.3) is 6.29 Å². The van der Waals surface area contributed by atoms with Crippen molar-refractivity contribution in [3.05, 3.63) is 0 Å². The Morgan fingerprint density at radius 1 is 1.40 bits per heavy atom. The van der Waals surface area contributed by atoms with Gasteiger partial charge in [0.2, 0.25) is 0 Å². The fourth-order valence-corrected chi connectivity index (χ4v) is 0.684. The van der Waals surface area contributed by atoms with Crippen LogP contribution in [0.2, 0.25) is 0 Å². The number of hydrogen-bond donors (Lipinski definition) is 0. The Morgan fingerprint density at radius 3 is 2.20 bits per heavy atom. The van der Waals surface area contributed by atoms with E-state index in [1.165, 1.54) is 6.92 Å². The van der Waals surface area contributed by atoms with Crippen LogP contribution in [0.25, 0.3) is 0 Å². The van der Waals surface area contributed by atoms with Gasteiger partial charge < -0.3 is 9.47 Å². The molecule has 0 aromatic heterocycles. The van der Waals surface area contributed by atoms with Crippen molar-refractivity contribution in [3.8, 4) is 0 Å². The van der Waals surface area contributed by atoms with Gasteiger partial charge in [-0.1, -0.05) is 0 Å². The zero-order valence-electron chi connectivity index (χ0n) is 5.31. The number of alkyl halides is 3. The molecule has 0 aliphatic carbocycles. The molecule has 0 aromatic rings. The number of ether oxygens (including phenoxy) is 2. The molecule has 1 aliphatic heterocycles. The fraction of sp³-hybridized carbons (Fsp3) is 1.00. The molecule has 1 saturated heterocycles. The Kier molecular flexibility index (Phi) is 1.87. The van der Waals surface area contributed by atoms with E-state index in [0.717, 1.165) is 0 Å². The van der Waals surface area contributed by atoms with Crippen LogP contribution in [0.4, 0.5) is 13.2 Å². The van der Waals surface area contributed by atoms with Crippen molar-refractivity contribution in [1.82, 2.24) is 0 Å². The summed E-state index contributed by atoms with van der Waals surface area (Å²) in [5, 5.41) is 0. The van der Waals surface area contributed by atoms with E-state index in [4.69, 9.17) is 0 Å². The maximum absolute atomic E-state index is 11.7. The van der Waals surface area contributed by atoms with Gasteiger partial charge in [0.1, 0.15) is 0 Å². The first kappa shape index (κ1) is 7.81. The summed E-state index contributed by atoms with van der Waals surface area (Å²) in [6.45, 7) is 1.55. The van der Waals surface area contributed by atoms with Crippen LogP contribution in [-0.2, 0) is 9.47 Å². The molecule has 0 unspecified atom stereocenters. The van der Waals surface area contributed by atoms with Crippen molar-refractivity contribution in [3.63, 3.8) is 0 Å². The van der Waals surface area contributed by atoms with Crippen LogP contribution >= 0.6 is 0 Å². The SMILES string of the molecule is C[C@@H]1CO[C@H](C(F)(F)F)O1. The third kappa shape index (κ3) is 1.60. The van der Waals surface area contributed by atoms with Crippen LogP contribution in [0.1, 0.15) is 6.92 Å². The van der Waals surface area contributed by atoms with Crippen LogP contribution in [-0.4, -0.2) is 25.2 Å². The smallest absolute Gasteiger partial charge is 0.342 e. The first-order chi connectivity index (χ1) is 4.50. The highest BCUT2D eigenvalue weighted by Gasteiger charge is 2.46. The Hall–Kier alpha value is -0.290. The second-order valence-corrected chi connectivity index (χ2v) is 2.15. The minimum Gasteiger partial charge on any atom is -0.342 e. The lowest BCUT2D eigenvalue weighted by Crippen LogP contribution is -2.29. The normalized spacial score (nSPS) is 34.8. The molecule has 60 valence electrons. The highest BCUT2D eigenvalue weighted by atomic mass is 19.4. The van der Waals surface area contributed by atoms with Crippen molar-refractivity contribution in [2.75, 3.05) is 6.61 Å². The average Bonchev–Trinajstić information content (AvgIpc) is 2.11. The Bertz CT molecular complexity index is 123. The van der Waals surface area contributed by atoms with Crippen LogP contribution in [0.15, 0.2) is 0 Å². The van der Waals surface area contributed by atoms with E-state index in [1.54, 1.807) is 0 Å². The maximum atomic E-state index is 11.7. The van der Waals surface area contributed by atoms with Crippen molar-refractivity contribution in [1.29, 1.82) is 0 Å². The van der Waals surface area contributed by atoms with Gasteiger partial charge in [0.05, 0.1) is 12.7 Å². The van der Waals surface area contributed by atoms with Gasteiger partial charge >= 0.3 is 6.18 Å². The first-order valence-corrected chi connectivity index (χ1v) is 2.84. The van der Waals surface area contributed by atoms with Crippen molar-refractivity contribution >= 4 is 0 Å². The second kappa shape index (κ2) is 2.39. The van der Waals surface area contributed by atoms with Gasteiger partial charge in [-0.2, -0.15) is 13.2 Å². The number of hydrogen-bond acceptors (Lipinski definition) is 2. The van der Waals surface area contributed by atoms with Gasteiger partial charge in [-0.25, -0.2) is 0 Å². The molecule has 0 spiro atoms. The molecule has 0 N–H and O–H groups in total. The standard InChI is InChI=1S/C5H7F3O2/c1-3-2-9-4(10-3)5(6,7)8/h3-4H,2H2,1H3/t3-,4+/m1/s1. The molecule has 0 aromatic carbocycles. The molecule has 5 heteroatoms. The molecule has 0 radical (unpaired) electrons. The maximum Gasteiger partial charge on any atom is 0.440 e. The average molecular weight is 156 g/mol.